The van der Waals surface area contributed by atoms with E-state index in [9.17, 15) is 9.59 Å². The highest BCUT2D eigenvalue weighted by molar-refractivity contribution is 9.10. The lowest BCUT2D eigenvalue weighted by atomic mass is 10.3. The lowest BCUT2D eigenvalue weighted by molar-refractivity contribution is -0.123. The Morgan fingerprint density at radius 3 is 2.50 bits per heavy atom. The van der Waals surface area contributed by atoms with Gasteiger partial charge in [0.25, 0.3) is 0 Å². The molecule has 1 aromatic rings. The van der Waals surface area contributed by atoms with Crippen molar-refractivity contribution in [2.75, 3.05) is 25.5 Å². The van der Waals surface area contributed by atoms with Crippen LogP contribution in [0, 0.1) is 0 Å². The zero-order chi connectivity index (χ0) is 15.1. The molecule has 0 fully saturated rings. The second-order valence-electron chi connectivity index (χ2n) is 4.95. The van der Waals surface area contributed by atoms with Gasteiger partial charge in [0.1, 0.15) is 0 Å². The van der Waals surface area contributed by atoms with Crippen molar-refractivity contribution >= 4 is 33.4 Å². The van der Waals surface area contributed by atoms with Gasteiger partial charge in [-0.1, -0.05) is 22.0 Å². The number of nitrogens with one attached hydrogen (secondary N) is 2. The summed E-state index contributed by atoms with van der Waals surface area (Å²) < 4.78 is 0.903. The van der Waals surface area contributed by atoms with Crippen molar-refractivity contribution in [2.24, 2.45) is 0 Å². The number of benzene rings is 1. The van der Waals surface area contributed by atoms with Crippen LogP contribution in [0.15, 0.2) is 28.7 Å². The van der Waals surface area contributed by atoms with Gasteiger partial charge in [-0.15, -0.1) is 0 Å². The van der Waals surface area contributed by atoms with Gasteiger partial charge in [-0.05, 0) is 39.1 Å². The van der Waals surface area contributed by atoms with Crippen LogP contribution in [0.5, 0.6) is 0 Å². The van der Waals surface area contributed by atoms with E-state index in [2.05, 4.69) is 26.6 Å². The predicted octanol–water partition coefficient (Wildman–Crippen LogP) is 1.84. The van der Waals surface area contributed by atoms with Crippen LogP contribution in [0.1, 0.15) is 13.8 Å². The summed E-state index contributed by atoms with van der Waals surface area (Å²) in [7, 11) is 1.74. The van der Waals surface area contributed by atoms with Gasteiger partial charge in [-0.25, -0.2) is 0 Å². The fraction of sp³-hybridized carbons (Fsp3) is 0.429. The molecule has 0 saturated heterocycles. The number of hydrogen-bond acceptors (Lipinski definition) is 3. The van der Waals surface area contributed by atoms with Gasteiger partial charge < -0.3 is 10.6 Å². The van der Waals surface area contributed by atoms with Crippen LogP contribution in [0.2, 0.25) is 0 Å². The molecule has 0 aliphatic heterocycles. The molecule has 0 aliphatic rings. The van der Waals surface area contributed by atoms with E-state index in [0.717, 1.165) is 10.2 Å². The second kappa shape index (κ2) is 8.01. The van der Waals surface area contributed by atoms with Crippen LogP contribution in [-0.4, -0.2) is 42.9 Å². The summed E-state index contributed by atoms with van der Waals surface area (Å²) in [5.74, 6) is -0.235. The maximum atomic E-state index is 11.8. The molecule has 0 saturated carbocycles. The summed E-state index contributed by atoms with van der Waals surface area (Å²) in [5, 5.41) is 5.57. The van der Waals surface area contributed by atoms with Crippen LogP contribution < -0.4 is 10.6 Å². The predicted molar refractivity (Wildman–Crippen MR) is 83.5 cm³/mol. The van der Waals surface area contributed by atoms with Gasteiger partial charge in [-0.3, -0.25) is 14.5 Å². The highest BCUT2D eigenvalue weighted by Gasteiger charge is 2.11. The first-order valence-corrected chi connectivity index (χ1v) is 7.19. The monoisotopic (exact) mass is 341 g/mol. The Bertz CT molecular complexity index is 477. The average Bonchev–Trinajstić information content (AvgIpc) is 2.26. The maximum Gasteiger partial charge on any atom is 0.238 e. The molecule has 0 radical (unpaired) electrons. The van der Waals surface area contributed by atoms with E-state index >= 15 is 0 Å². The van der Waals surface area contributed by atoms with E-state index in [0.29, 0.717) is 0 Å². The molecular formula is C14H20BrN3O2. The molecule has 6 heteroatoms. The summed E-state index contributed by atoms with van der Waals surface area (Å²) >= 11 is 3.34. The fourth-order valence-electron chi connectivity index (χ4n) is 1.68. The highest BCUT2D eigenvalue weighted by Crippen LogP contribution is 2.15. The van der Waals surface area contributed by atoms with E-state index in [1.807, 2.05) is 38.1 Å². The zero-order valence-corrected chi connectivity index (χ0v) is 13.5. The molecule has 0 bridgehead atoms. The number of nitrogens with zero attached hydrogens (tertiary/aromatic N) is 1. The summed E-state index contributed by atoms with van der Waals surface area (Å²) in [6.07, 6.45) is 0. The molecule has 5 nitrogen and oxygen atoms in total. The van der Waals surface area contributed by atoms with E-state index < -0.39 is 0 Å². The first-order valence-electron chi connectivity index (χ1n) is 6.40. The number of halogens is 1. The lowest BCUT2D eigenvalue weighted by Crippen LogP contribution is -2.41. The van der Waals surface area contributed by atoms with Crippen LogP contribution in [0.4, 0.5) is 5.69 Å². The Morgan fingerprint density at radius 2 is 1.90 bits per heavy atom. The van der Waals surface area contributed by atoms with Crippen LogP contribution in [0.3, 0.4) is 0 Å². The van der Waals surface area contributed by atoms with Crippen LogP contribution >= 0.6 is 15.9 Å². The van der Waals surface area contributed by atoms with Crippen LogP contribution in [0.25, 0.3) is 0 Å². The average molecular weight is 342 g/mol. The van der Waals surface area contributed by atoms with Gasteiger partial charge in [-0.2, -0.15) is 0 Å². The number of likely N-dealkylation sites (N-methyl/N-ethyl adjacent to an activating group) is 1. The molecular weight excluding hydrogens is 322 g/mol. The van der Waals surface area contributed by atoms with E-state index in [-0.39, 0.29) is 30.9 Å². The fourth-order valence-corrected chi connectivity index (χ4v) is 2.08. The van der Waals surface area contributed by atoms with Crippen LogP contribution in [-0.2, 0) is 9.59 Å². The van der Waals surface area contributed by atoms with Gasteiger partial charge in [0.15, 0.2) is 0 Å². The van der Waals surface area contributed by atoms with Crippen molar-refractivity contribution in [1.29, 1.82) is 0 Å². The van der Waals surface area contributed by atoms with Gasteiger partial charge >= 0.3 is 0 Å². The molecule has 0 spiro atoms. The Labute approximate surface area is 127 Å². The number of rotatable bonds is 6. The third kappa shape index (κ3) is 6.68. The van der Waals surface area contributed by atoms with Crippen molar-refractivity contribution in [2.45, 2.75) is 19.9 Å². The second-order valence-corrected chi connectivity index (χ2v) is 5.87. The number of carbonyl (C=O) groups excluding carboxylic acids is 2. The Balaban J connectivity index is 2.40. The smallest absolute Gasteiger partial charge is 0.238 e. The van der Waals surface area contributed by atoms with Crippen molar-refractivity contribution in [3.8, 4) is 0 Å². The minimum absolute atomic E-state index is 0.0854. The van der Waals surface area contributed by atoms with E-state index in [1.54, 1.807) is 11.9 Å². The summed E-state index contributed by atoms with van der Waals surface area (Å²) in [6.45, 7) is 4.16. The molecule has 0 aromatic heterocycles. The maximum absolute atomic E-state index is 11.8. The molecule has 0 unspecified atom stereocenters. The summed E-state index contributed by atoms with van der Waals surface area (Å²) in [6, 6.07) is 7.47. The minimum Gasteiger partial charge on any atom is -0.353 e. The molecule has 1 rings (SSSR count). The first-order chi connectivity index (χ1) is 9.36. The Hall–Kier alpha value is -1.40. The zero-order valence-electron chi connectivity index (χ0n) is 11.9. The SMILES string of the molecule is CC(C)NC(=O)CN(C)CC(=O)Nc1cccc(Br)c1. The molecule has 110 valence electrons. The topological polar surface area (TPSA) is 61.4 Å². The van der Waals surface area contributed by atoms with Crippen molar-refractivity contribution in [3.63, 3.8) is 0 Å². The highest BCUT2D eigenvalue weighted by atomic mass is 79.9. The standard InChI is InChI=1S/C14H20BrN3O2/c1-10(2)16-13(19)8-18(3)9-14(20)17-12-6-4-5-11(15)7-12/h4-7,10H,8-9H2,1-3H3,(H,16,19)(H,17,20). The molecule has 1 aromatic carbocycles. The molecule has 0 atom stereocenters. The van der Waals surface area contributed by atoms with Gasteiger partial charge in [0, 0.05) is 16.2 Å². The number of anilines is 1. The normalized spacial score (nSPS) is 10.7. The minimum atomic E-state index is -0.150. The quantitative estimate of drug-likeness (QED) is 0.829. The Kier molecular flexibility index (Phi) is 6.67. The lowest BCUT2D eigenvalue weighted by Gasteiger charge is -2.17. The molecule has 20 heavy (non-hydrogen) atoms. The van der Waals surface area contributed by atoms with Gasteiger partial charge in [0.2, 0.25) is 11.8 Å². The van der Waals surface area contributed by atoms with Gasteiger partial charge in [0.05, 0.1) is 13.1 Å². The van der Waals surface area contributed by atoms with Crippen molar-refractivity contribution in [1.82, 2.24) is 10.2 Å². The largest absolute Gasteiger partial charge is 0.353 e. The molecule has 2 amide bonds. The van der Waals surface area contributed by atoms with E-state index in [1.165, 1.54) is 0 Å². The molecule has 0 aliphatic carbocycles. The first kappa shape index (κ1) is 16.7. The summed E-state index contributed by atoms with van der Waals surface area (Å²) in [4.78, 5) is 25.1. The number of amides is 2. The third-order valence-electron chi connectivity index (χ3n) is 2.39. The summed E-state index contributed by atoms with van der Waals surface area (Å²) in [5.41, 5.74) is 0.726. The number of carbonyl (C=O) groups is 2. The molecule has 2 N–H and O–H groups in total. The number of hydrogen-bond donors (Lipinski definition) is 2. The third-order valence-corrected chi connectivity index (χ3v) is 2.88. The van der Waals surface area contributed by atoms with Crippen molar-refractivity contribution < 1.29 is 9.59 Å². The molecule has 0 heterocycles. The Morgan fingerprint density at radius 1 is 1.25 bits per heavy atom. The van der Waals surface area contributed by atoms with E-state index in [4.69, 9.17) is 0 Å². The van der Waals surface area contributed by atoms with Crippen molar-refractivity contribution in [3.05, 3.63) is 28.7 Å².